The van der Waals surface area contributed by atoms with E-state index < -0.39 is 53.4 Å². The largest absolute Gasteiger partial charge is 2.00 e. The van der Waals surface area contributed by atoms with E-state index in [1.807, 2.05) is 0 Å². The first kappa shape index (κ1) is 105. The first-order valence-corrected chi connectivity index (χ1v) is 34.1. The van der Waals surface area contributed by atoms with Crippen LogP contribution in [0.25, 0.3) is 24.6 Å². The Morgan fingerprint density at radius 1 is 0.590 bits per heavy atom. The fourth-order valence-electron chi connectivity index (χ4n) is 19.6. The van der Waals surface area contributed by atoms with E-state index in [2.05, 4.69) is 92.0 Å². The summed E-state index contributed by atoms with van der Waals surface area (Å²) in [5.41, 5.74) is 4.32. The number of carbonyl (C=O) groups excluding carboxylic acids is 4. The molecule has 0 aromatic carbocycles. The first-order valence-electron chi connectivity index (χ1n) is 34.1. The molecule has 8 aliphatic rings. The number of carbonyl (C=O) groups is 5. The Bertz CT molecular complexity index is 2520. The summed E-state index contributed by atoms with van der Waals surface area (Å²) in [6.07, 6.45) is 32.3. The normalized spacial score (nSPS) is 29.5. The molecule has 16 atom stereocenters. The van der Waals surface area contributed by atoms with Crippen molar-refractivity contribution in [2.75, 3.05) is 52.4 Å². The summed E-state index contributed by atoms with van der Waals surface area (Å²) < 4.78 is 11.6. The van der Waals surface area contributed by atoms with Crippen LogP contribution in [0.1, 0.15) is 210 Å². The molecular formula is C68H121Li2N10O18Pt2-3. The van der Waals surface area contributed by atoms with Crippen LogP contribution in [0.5, 0.6) is 0 Å². The zero-order valence-electron chi connectivity index (χ0n) is 61.7. The number of hydrogen-bond acceptors (Lipinski definition) is 16. The summed E-state index contributed by atoms with van der Waals surface area (Å²) in [5, 5.41) is 61.5. The molecule has 6 fully saturated rings. The molecular weight excluding hydrogens is 1650 g/mol. The van der Waals surface area contributed by atoms with Crippen LogP contribution in [0.15, 0.2) is 23.3 Å². The number of ether oxygens (including phenoxy) is 2. The van der Waals surface area contributed by atoms with Gasteiger partial charge in [0.15, 0.2) is 0 Å². The van der Waals surface area contributed by atoms with Gasteiger partial charge in [0.05, 0.1) is 19.1 Å². The Morgan fingerprint density at radius 3 is 1.26 bits per heavy atom. The zero-order chi connectivity index (χ0) is 67.6. The van der Waals surface area contributed by atoms with Gasteiger partial charge in [0.25, 0.3) is 10.2 Å². The number of nitrogens with zero attached hydrogens (tertiary/aromatic N) is 4. The van der Waals surface area contributed by atoms with E-state index in [1.165, 1.54) is 117 Å². The van der Waals surface area contributed by atoms with Gasteiger partial charge in [0.1, 0.15) is 12.2 Å². The molecule has 8 aliphatic carbocycles. The fourth-order valence-corrected chi connectivity index (χ4v) is 19.6. The molecule has 100 heavy (non-hydrogen) atoms. The maximum absolute atomic E-state index is 12.5. The fraction of sp³-hybridized carbons (Fsp3) is 0.853. The Hall–Kier alpha value is -3.21. The van der Waals surface area contributed by atoms with E-state index in [0.717, 1.165) is 116 Å². The summed E-state index contributed by atoms with van der Waals surface area (Å²) in [7, 11) is 0. The predicted octanol–water partition coefficient (Wildman–Crippen LogP) is 7.88. The molecule has 32 heteroatoms. The molecule has 6 saturated carbocycles. The quantitative estimate of drug-likeness (QED) is 0.0158. The van der Waals surface area contributed by atoms with Crippen molar-refractivity contribution in [1.82, 2.24) is 20.4 Å². The van der Waals surface area contributed by atoms with Crippen LogP contribution >= 0.6 is 0 Å². The molecule has 0 aromatic rings. The number of fused-ring (bicyclic) bond motifs is 10. The molecule has 8 rings (SSSR count). The van der Waals surface area contributed by atoms with Gasteiger partial charge in [0.2, 0.25) is 0 Å². The number of aliphatic carboxylic acids is 3. The number of rotatable bonds is 26. The maximum atomic E-state index is 12.5. The van der Waals surface area contributed by atoms with Crippen molar-refractivity contribution in [3.8, 4) is 0 Å². The standard InChI is InChI=1S/C34H56N2O6.C34H55N2O5.2Li.2HNO3.4H2N.H2O.2Pt/c1-22(2)7-6-8-23(3)27-11-12-28-26-10-9-24-19-25(13-15-33(24,4)29(26)14-16-34(27,28)5)42-32(41)35-17-18-36(20-30(37)38)21-31(39)40;1-23(2)7-6-8-24(3)28-11-12-29-27-10-9-25-21-26(13-15-33(25,4)30(27)14-16-34(28,29)5)41-32(40)35-17-18-36(19-20-37)22-31(38)39;;;2*2-1(3)4;;;;;;;/h9,22-23,25-29H,6-8,10-21H2,1-5H3,(H,35,41)(H,37,38)(H,39,40);9,23-24,26-30H,6-8,10-19,21-22H2,1-5H3,(H,35,40)(H,38,39);;;2*(H,2,3,4);5*1H2;;/q;-1;2*+1;;;4*-1;;;+2/p-2/t23-,25+,26?,27-,28?,29?,33+,34-;24-,26+,27?,28-,29?,30?,33+,34-;;;;;;;;;;;/m11.........../s1. The van der Waals surface area contributed by atoms with E-state index >= 15 is 0 Å². The van der Waals surface area contributed by atoms with Crippen molar-refractivity contribution < 1.29 is 159 Å². The number of carboxylic acids is 3. The second-order valence-corrected chi connectivity index (χ2v) is 30.2. The molecule has 0 aromatic heterocycles. The number of alkyl carbamates (subject to hydrolysis) is 2. The zero-order valence-corrected chi connectivity index (χ0v) is 66.3. The predicted molar refractivity (Wildman–Crippen MR) is 362 cm³/mol. The van der Waals surface area contributed by atoms with Gasteiger partial charge < -0.3 is 90.4 Å². The number of nitrogens with two attached hydrogens (primary N) is 4. The number of nitrogens with one attached hydrogen (secondary N) is 2. The number of hydrogen-bond donors (Lipinski definition) is 6. The minimum Gasteiger partial charge on any atom is -0.870 e. The second kappa shape index (κ2) is 48.8. The summed E-state index contributed by atoms with van der Waals surface area (Å²) >= 11 is 0. The van der Waals surface area contributed by atoms with E-state index in [0.29, 0.717) is 10.8 Å². The van der Waals surface area contributed by atoms with Crippen LogP contribution in [0.2, 0.25) is 0 Å². The molecule has 6 unspecified atom stereocenters. The third kappa shape index (κ3) is 29.6. The Morgan fingerprint density at radius 2 is 0.940 bits per heavy atom. The van der Waals surface area contributed by atoms with Gasteiger partial charge in [-0.1, -0.05) is 138 Å². The summed E-state index contributed by atoms with van der Waals surface area (Å²) in [4.78, 5) is 87.9. The molecule has 0 bridgehead atoms. The van der Waals surface area contributed by atoms with Crippen LogP contribution in [0.4, 0.5) is 9.59 Å². The minimum atomic E-state index is -1.50. The van der Waals surface area contributed by atoms with Crippen LogP contribution in [0, 0.1) is 113 Å². The van der Waals surface area contributed by atoms with Crippen molar-refractivity contribution in [2.24, 2.45) is 92.7 Å². The number of allylic oxidation sites excluding steroid dienone is 2. The monoisotopic (exact) mass is 1770 g/mol. The molecule has 15 N–H and O–H groups in total. The third-order valence-corrected chi connectivity index (χ3v) is 23.8. The summed E-state index contributed by atoms with van der Waals surface area (Å²) in [5.74, 6) is 6.15. The first-order chi connectivity index (χ1) is 42.8. The molecule has 0 aliphatic heterocycles. The number of carboxylic acid groups (broad SMARTS) is 3. The van der Waals surface area contributed by atoms with Crippen molar-refractivity contribution in [1.29, 1.82) is 0 Å². The average Bonchev–Trinajstić information content (AvgIpc) is 1.40. The SMILES string of the molecule is CC(C)CCC[C@@H](C)[C@H]1CCC2C3CC=C4C[C@@H](OC(=O)NCCN(CC(=O)O)CC(=O)O)CC[C@]4(C)C3CC[C@@]21C.CC(C)CCC[C@@H](C)[C@H]1CCC2C3CC=C4C[C@@H](OC(=O)NCCN(C[C-]=O)CC(=O)[O-])CC[C@]4(C)C3CC[C@@]21C.O=[N+]([O-])O.O=[N+]([O-])O.[Li+].[Li+].[NH2-].[NH2-].[NH2-].[NH2-].[OH-].[Pt+2].[Pt]. The number of amides is 2. The van der Waals surface area contributed by atoms with Gasteiger partial charge in [-0.2, -0.15) is 0 Å². The van der Waals surface area contributed by atoms with E-state index in [1.54, 1.807) is 6.29 Å². The van der Waals surface area contributed by atoms with Gasteiger partial charge >= 0.3 is 82.9 Å². The van der Waals surface area contributed by atoms with Crippen LogP contribution in [0.3, 0.4) is 0 Å². The topological polar surface area (TPSA) is 506 Å². The molecule has 28 nitrogen and oxygen atoms in total. The van der Waals surface area contributed by atoms with Gasteiger partial charge in [-0.25, -0.2) is 15.9 Å². The molecule has 0 spiro atoms. The molecule has 576 valence electrons. The molecule has 2 amide bonds. The third-order valence-electron chi connectivity index (χ3n) is 23.8. The van der Waals surface area contributed by atoms with Crippen molar-refractivity contribution in [3.05, 3.63) is 68.1 Å². The van der Waals surface area contributed by atoms with Crippen LogP contribution < -0.4 is 53.5 Å². The van der Waals surface area contributed by atoms with Crippen LogP contribution in [-0.2, 0) is 70.8 Å². The smallest absolute Gasteiger partial charge is 0.870 e. The van der Waals surface area contributed by atoms with Gasteiger partial charge in [-0.05, 0) is 183 Å². The van der Waals surface area contributed by atoms with E-state index in [9.17, 15) is 33.9 Å². The summed E-state index contributed by atoms with van der Waals surface area (Å²) in [6.45, 7) is 24.1. The Balaban J connectivity index is -0.000000502. The van der Waals surface area contributed by atoms with Crippen LogP contribution in [-0.4, -0.2) is 147 Å². The van der Waals surface area contributed by atoms with Crippen molar-refractivity contribution in [3.63, 3.8) is 0 Å². The maximum Gasteiger partial charge on any atom is 2.00 e. The average molecular weight is 1770 g/mol. The van der Waals surface area contributed by atoms with Crippen molar-refractivity contribution in [2.45, 2.75) is 223 Å². The van der Waals surface area contributed by atoms with Gasteiger partial charge in [-0.3, -0.25) is 14.5 Å². The van der Waals surface area contributed by atoms with Crippen molar-refractivity contribution >= 4 is 36.4 Å². The van der Waals surface area contributed by atoms with Gasteiger partial charge in [0, 0.05) is 66.6 Å². The Labute approximate surface area is 647 Å². The Kier molecular flexibility index (Phi) is 51.5. The minimum absolute atomic E-state index is 0. The van der Waals surface area contributed by atoms with Gasteiger partial charge in [-0.15, -0.1) is 20.2 Å². The molecule has 0 saturated heterocycles. The molecule has 0 radical (unpaired) electrons. The second-order valence-electron chi connectivity index (χ2n) is 30.2. The summed E-state index contributed by atoms with van der Waals surface area (Å²) in [6, 6.07) is 0. The van der Waals surface area contributed by atoms with E-state index in [-0.39, 0.29) is 172 Å². The van der Waals surface area contributed by atoms with E-state index in [4.69, 9.17) is 50.3 Å². The molecule has 0 heterocycles.